The van der Waals surface area contributed by atoms with E-state index >= 15 is 0 Å². The highest BCUT2D eigenvalue weighted by atomic mass is 32.2. The third kappa shape index (κ3) is 21.7. The lowest BCUT2D eigenvalue weighted by Crippen LogP contribution is -2.46. The van der Waals surface area contributed by atoms with E-state index in [1.807, 2.05) is 150 Å². The first-order chi connectivity index (χ1) is 54.0. The van der Waals surface area contributed by atoms with Crippen molar-refractivity contribution < 1.29 is 44.4 Å². The maximum atomic E-state index is 13.4. The van der Waals surface area contributed by atoms with Crippen molar-refractivity contribution >= 4 is 91.5 Å². The highest BCUT2D eigenvalue weighted by Gasteiger charge is 2.52. The van der Waals surface area contributed by atoms with Crippen molar-refractivity contribution in [3.05, 3.63) is 298 Å². The van der Waals surface area contributed by atoms with E-state index in [2.05, 4.69) is 66.3 Å². The normalized spacial score (nSPS) is 15.9. The first-order valence-electron chi connectivity index (χ1n) is 38.4. The molecule has 0 atom stereocenters. The Morgan fingerprint density at radius 3 is 1.24 bits per heavy atom. The number of anilines is 1. The van der Waals surface area contributed by atoms with E-state index < -0.39 is 58.9 Å². The zero-order chi connectivity index (χ0) is 81.0. The van der Waals surface area contributed by atoms with Crippen molar-refractivity contribution in [2.75, 3.05) is 43.9 Å². The summed E-state index contributed by atoms with van der Waals surface area (Å²) in [4.78, 5) is 54.7. The molecule has 1 aromatic heterocycles. The third-order valence-corrected chi connectivity index (χ3v) is 27.6. The molecule has 113 heavy (non-hydrogen) atoms. The Kier molecular flexibility index (Phi) is 29.3. The standard InChI is InChI=1S/C24H28N2O3S.C22H26N2O3S2.C22H26N2O2S.C21H24N2O3S/c27-24-22(25-18-10-9-13-19-11-3-1-4-12-19)23(20-14-5-2-6-15-20)30(28,29)26(24)21-16-7-8-17-21;1-22(2,3)24-21(25)19(20(29(24,26)27)17-11-6-4-7-12-17)23-15-10-16-28-18-13-8-5-9-14-18;1-22(2,3)24-21(25)19(20(27-24)17-11-6-4-7-12-17)23-15-10-16-26-18-13-8-5-9-14-18;1-21(2,3)23-20(24)18(22-15-14-16-10-6-4-7-11-16)19(27(23,25)26)17-12-8-5-9-13-17/h1-6,11-12,14-15,21,25H,7-10,13,16-18H2;4-9,11-14,23H,10,15-16H2,1-3H3;4-9,11-14,23H,10,15-16H2,1-3H3;4-13,22H,14-15H2,1-3H3. The molecule has 0 bridgehead atoms. The van der Waals surface area contributed by atoms with Gasteiger partial charge in [0.25, 0.3) is 53.4 Å². The number of sulfonamides is 3. The minimum atomic E-state index is -3.93. The Morgan fingerprint density at radius 1 is 0.407 bits per heavy atom. The second-order valence-electron chi connectivity index (χ2n) is 30.6. The van der Waals surface area contributed by atoms with Crippen molar-refractivity contribution in [2.45, 2.75) is 154 Å². The smallest absolute Gasteiger partial charge is 0.285 e. The van der Waals surface area contributed by atoms with Gasteiger partial charge >= 0.3 is 0 Å². The van der Waals surface area contributed by atoms with Crippen LogP contribution in [-0.4, -0.2) is 116 Å². The van der Waals surface area contributed by atoms with Crippen LogP contribution < -0.4 is 31.6 Å². The average Bonchev–Trinajstić information content (AvgIpc) is 1.60. The van der Waals surface area contributed by atoms with E-state index in [0.29, 0.717) is 61.6 Å². The largest absolute Gasteiger partial charge is 0.494 e. The maximum Gasteiger partial charge on any atom is 0.285 e. The van der Waals surface area contributed by atoms with Gasteiger partial charge in [-0.15, -0.1) is 11.8 Å². The van der Waals surface area contributed by atoms with E-state index in [0.717, 1.165) is 98.2 Å². The molecule has 4 N–H and O–H groups in total. The van der Waals surface area contributed by atoms with Gasteiger partial charge in [0.15, 0.2) is 0 Å². The molecule has 0 saturated heterocycles. The second kappa shape index (κ2) is 38.7. The topological polar surface area (TPSA) is 243 Å². The van der Waals surface area contributed by atoms with Crippen molar-refractivity contribution in [3.63, 3.8) is 0 Å². The first-order valence-corrected chi connectivity index (χ1v) is 44.5. The molecule has 24 heteroatoms. The molecular formula is C89H104N8O11S5. The quantitative estimate of drug-likeness (QED) is 0.0276. The monoisotopic (exact) mass is 1620 g/mol. The maximum absolute atomic E-state index is 13.4. The van der Waals surface area contributed by atoms with Crippen molar-refractivity contribution in [1.29, 1.82) is 0 Å². The van der Waals surface area contributed by atoms with Gasteiger partial charge in [0.1, 0.15) is 43.2 Å². The lowest BCUT2D eigenvalue weighted by Gasteiger charge is -2.30. The Bertz CT molecular complexity index is 5180. The minimum Gasteiger partial charge on any atom is -0.494 e. The van der Waals surface area contributed by atoms with E-state index in [1.165, 1.54) is 22.0 Å². The summed E-state index contributed by atoms with van der Waals surface area (Å²) in [6.07, 6.45) is 8.52. The Hall–Kier alpha value is -9.98. The fourth-order valence-corrected chi connectivity index (χ4v) is 21.7. The Balaban J connectivity index is 0.000000160. The van der Waals surface area contributed by atoms with Gasteiger partial charge < -0.3 is 26.0 Å². The summed E-state index contributed by atoms with van der Waals surface area (Å²) in [6, 6.07) is 76.4. The summed E-state index contributed by atoms with van der Waals surface area (Å²) < 4.78 is 90.3. The Labute approximate surface area is 676 Å². The number of nitrogens with zero attached hydrogens (tertiary/aromatic N) is 4. The molecule has 1 fully saturated rings. The minimum absolute atomic E-state index is 0.0373. The molecule has 1 aliphatic carbocycles. The van der Waals surface area contributed by atoms with Gasteiger partial charge in [-0.05, 0) is 177 Å². The van der Waals surface area contributed by atoms with Crippen LogP contribution in [0.25, 0.3) is 25.2 Å². The van der Waals surface area contributed by atoms with Crippen LogP contribution in [0.2, 0.25) is 0 Å². The highest BCUT2D eigenvalue weighted by Crippen LogP contribution is 2.43. The molecule has 596 valence electrons. The number of carbonyl (C=O) groups excluding carboxylic acids is 3. The van der Waals surface area contributed by atoms with Crippen molar-refractivity contribution in [2.24, 2.45) is 0 Å². The van der Waals surface area contributed by atoms with Crippen LogP contribution in [0.1, 0.15) is 141 Å². The number of thioether (sulfide) groups is 1. The van der Waals surface area contributed by atoms with Crippen LogP contribution in [0.4, 0.5) is 5.69 Å². The molecule has 4 heterocycles. The summed E-state index contributed by atoms with van der Waals surface area (Å²) >= 11 is 3.25. The summed E-state index contributed by atoms with van der Waals surface area (Å²) in [7, 11) is -11.7. The molecule has 0 spiro atoms. The molecule has 9 aromatic rings. The van der Waals surface area contributed by atoms with Gasteiger partial charge in [-0.1, -0.05) is 243 Å². The zero-order valence-corrected chi connectivity index (χ0v) is 69.9. The number of benzene rings is 8. The zero-order valence-electron chi connectivity index (χ0n) is 65.8. The molecule has 0 radical (unpaired) electrons. The number of hydrogen-bond acceptors (Lipinski definition) is 17. The van der Waals surface area contributed by atoms with Crippen molar-refractivity contribution in [3.8, 4) is 16.2 Å². The summed E-state index contributed by atoms with van der Waals surface area (Å²) in [5.74, 6) is 0.341. The molecular weight excluding hydrogens is 1520 g/mol. The number of hydrogen-bond donors (Lipinski definition) is 4. The summed E-state index contributed by atoms with van der Waals surface area (Å²) in [6.45, 7) is 19.3. The molecule has 4 aliphatic rings. The highest BCUT2D eigenvalue weighted by molar-refractivity contribution is 8.00. The molecule has 8 aromatic carbocycles. The molecule has 3 amide bonds. The second-order valence-corrected chi connectivity index (χ2v) is 37.9. The third-order valence-electron chi connectivity index (χ3n) is 18.7. The first kappa shape index (κ1) is 85.4. The van der Waals surface area contributed by atoms with E-state index in [9.17, 15) is 44.4 Å². The number of amides is 3. The van der Waals surface area contributed by atoms with Crippen molar-refractivity contribution in [1.82, 2.24) is 32.8 Å². The lowest BCUT2D eigenvalue weighted by molar-refractivity contribution is -0.126. The van der Waals surface area contributed by atoms with Gasteiger partial charge in [-0.3, -0.25) is 23.1 Å². The number of aryl methyl sites for hydroxylation is 1. The number of ether oxygens (including phenoxy) is 1. The number of para-hydroxylation sites is 1. The number of rotatable bonds is 27. The van der Waals surface area contributed by atoms with Gasteiger partial charge in [0, 0.05) is 37.1 Å². The summed E-state index contributed by atoms with van der Waals surface area (Å²) in [5.41, 5.74) is 4.38. The number of unbranched alkanes of at least 4 members (excludes halogenated alkanes) is 1. The van der Waals surface area contributed by atoms with Crippen LogP contribution >= 0.6 is 23.3 Å². The lowest BCUT2D eigenvalue weighted by atomic mass is 10.1. The predicted molar refractivity (Wildman–Crippen MR) is 459 cm³/mol. The Morgan fingerprint density at radius 2 is 0.788 bits per heavy atom. The van der Waals surface area contributed by atoms with Gasteiger partial charge in [0.2, 0.25) is 0 Å². The number of nitrogens with one attached hydrogen (secondary N) is 4. The average molecular weight is 1620 g/mol. The van der Waals surface area contributed by atoms with E-state index in [1.54, 1.807) is 126 Å². The van der Waals surface area contributed by atoms with Crippen LogP contribution in [0.5, 0.6) is 5.75 Å². The predicted octanol–water partition coefficient (Wildman–Crippen LogP) is 16.6. The van der Waals surface area contributed by atoms with Crippen LogP contribution in [0.15, 0.2) is 269 Å². The fourth-order valence-electron chi connectivity index (χ4n) is 13.6. The van der Waals surface area contributed by atoms with Gasteiger partial charge in [0.05, 0.1) is 28.1 Å². The van der Waals surface area contributed by atoms with Gasteiger partial charge in [-0.2, -0.15) is 0 Å². The number of carbonyl (C=O) groups is 3. The fraction of sp³-hybridized carbons (Fsp3) is 0.326. The van der Waals surface area contributed by atoms with E-state index in [-0.39, 0.29) is 48.9 Å². The number of aromatic nitrogens is 1. The molecule has 19 nitrogen and oxygen atoms in total. The molecule has 3 aliphatic heterocycles. The van der Waals surface area contributed by atoms with E-state index in [4.69, 9.17) is 4.74 Å². The van der Waals surface area contributed by atoms with Crippen LogP contribution in [-0.2, 0) is 62.8 Å². The molecule has 1 saturated carbocycles. The SMILES string of the molecule is CC(C)(C)N1C(=O)C(NCCCSc2ccccc2)=C(c2ccccc2)S1(=O)=O.CC(C)(C)N1C(=O)C(NCCc2ccccc2)=C(c2ccccc2)S1(=O)=O.CC(C)(C)n1sc(-c2ccccc2)c(NCCCOc2ccccc2)c1=O.O=C1C(NCCCCc2ccccc2)=C(c2ccccc2)S(=O)(=O)N1C1CCCC1. The summed E-state index contributed by atoms with van der Waals surface area (Å²) in [5, 5.41) is 12.8. The van der Waals surface area contributed by atoms with Gasteiger partial charge in [-0.25, -0.2) is 38.2 Å². The molecule has 13 rings (SSSR count). The molecule has 0 unspecified atom stereocenters. The van der Waals surface area contributed by atoms with Crippen LogP contribution in [0.3, 0.4) is 0 Å². The van der Waals surface area contributed by atoms with Crippen LogP contribution in [0, 0.1) is 0 Å².